The second-order valence-electron chi connectivity index (χ2n) is 6.04. The molecule has 1 N–H and O–H groups in total. The molecule has 5 nitrogen and oxygen atoms in total. The minimum absolute atomic E-state index is 0.130. The number of rotatable bonds is 2. The summed E-state index contributed by atoms with van der Waals surface area (Å²) in [5, 5.41) is 3.05. The summed E-state index contributed by atoms with van der Waals surface area (Å²) in [7, 11) is 0. The summed E-state index contributed by atoms with van der Waals surface area (Å²) >= 11 is 0. The molecular formula is C16H12F6N2O3. The van der Waals surface area contributed by atoms with Crippen LogP contribution in [0.25, 0.3) is 0 Å². The van der Waals surface area contributed by atoms with Crippen molar-refractivity contribution in [3.8, 4) is 5.75 Å². The Hall–Kier alpha value is -2.56. The van der Waals surface area contributed by atoms with Crippen LogP contribution in [0.2, 0.25) is 0 Å². The molecular weight excluding hydrogens is 382 g/mol. The Kier molecular flexibility index (Phi) is 4.66. The van der Waals surface area contributed by atoms with Crippen LogP contribution in [-0.4, -0.2) is 49.1 Å². The first kappa shape index (κ1) is 19.2. The molecule has 0 saturated carbocycles. The third-order valence-corrected chi connectivity index (χ3v) is 4.20. The highest BCUT2D eigenvalue weighted by Gasteiger charge is 2.45. The van der Waals surface area contributed by atoms with E-state index >= 15 is 0 Å². The molecule has 0 fully saturated rings. The molecule has 0 radical (unpaired) electrons. The Bertz CT molecular complexity index is 812. The minimum atomic E-state index is -5.48. The first-order valence-electron chi connectivity index (χ1n) is 7.67. The summed E-state index contributed by atoms with van der Waals surface area (Å²) in [6.45, 7) is 1.30. The van der Waals surface area contributed by atoms with Crippen LogP contribution in [0.4, 0.5) is 26.3 Å². The van der Waals surface area contributed by atoms with Crippen LogP contribution >= 0.6 is 0 Å². The van der Waals surface area contributed by atoms with E-state index in [0.29, 0.717) is 19.2 Å². The van der Waals surface area contributed by atoms with Crippen molar-refractivity contribution in [2.24, 2.45) is 0 Å². The molecule has 1 amide bonds. The van der Waals surface area contributed by atoms with Crippen molar-refractivity contribution in [3.63, 3.8) is 0 Å². The van der Waals surface area contributed by atoms with E-state index < -0.39 is 41.1 Å². The highest BCUT2D eigenvalue weighted by molar-refractivity contribution is 5.97. The number of amides is 1. The van der Waals surface area contributed by atoms with Gasteiger partial charge in [-0.25, -0.2) is 4.79 Å². The largest absolute Gasteiger partial charge is 0.491 e. The SMILES string of the molecule is O=C(c1cccc(OC(=O)C(F)(F)F)c1C(F)(F)F)N1CC2=C(CNC2)C1. The number of nitrogens with one attached hydrogen (secondary N) is 1. The van der Waals surface area contributed by atoms with Gasteiger partial charge in [0.1, 0.15) is 11.3 Å². The molecule has 2 aliphatic heterocycles. The third-order valence-electron chi connectivity index (χ3n) is 4.20. The first-order chi connectivity index (χ1) is 12.5. The topological polar surface area (TPSA) is 58.6 Å². The number of ether oxygens (including phenoxy) is 1. The predicted octanol–water partition coefficient (Wildman–Crippen LogP) is 2.53. The van der Waals surface area contributed by atoms with Crippen LogP contribution in [0.15, 0.2) is 29.3 Å². The lowest BCUT2D eigenvalue weighted by atomic mass is 10.0. The summed E-state index contributed by atoms with van der Waals surface area (Å²) in [5.41, 5.74) is -0.782. The van der Waals surface area contributed by atoms with Crippen molar-refractivity contribution in [3.05, 3.63) is 40.5 Å². The van der Waals surface area contributed by atoms with E-state index in [2.05, 4.69) is 10.1 Å². The van der Waals surface area contributed by atoms with Gasteiger partial charge in [0.25, 0.3) is 5.91 Å². The monoisotopic (exact) mass is 394 g/mol. The Morgan fingerprint density at radius 2 is 1.59 bits per heavy atom. The number of nitrogens with zero attached hydrogens (tertiary/aromatic N) is 1. The van der Waals surface area contributed by atoms with Gasteiger partial charge in [0.2, 0.25) is 0 Å². The second kappa shape index (κ2) is 6.55. The van der Waals surface area contributed by atoms with Crippen LogP contribution in [0.3, 0.4) is 0 Å². The normalized spacial score (nSPS) is 17.3. The zero-order valence-corrected chi connectivity index (χ0v) is 13.5. The fourth-order valence-electron chi connectivity index (χ4n) is 3.02. The third kappa shape index (κ3) is 3.77. The Morgan fingerprint density at radius 3 is 2.11 bits per heavy atom. The lowest BCUT2D eigenvalue weighted by Crippen LogP contribution is -2.34. The molecule has 146 valence electrons. The van der Waals surface area contributed by atoms with Gasteiger partial charge >= 0.3 is 18.3 Å². The molecule has 0 atom stereocenters. The number of halogens is 6. The molecule has 0 aromatic heterocycles. The van der Waals surface area contributed by atoms with Gasteiger partial charge in [-0.3, -0.25) is 4.79 Å². The van der Waals surface area contributed by atoms with Crippen molar-refractivity contribution < 1.29 is 40.7 Å². The summed E-state index contributed by atoms with van der Waals surface area (Å²) in [5.74, 6) is -5.16. The number of alkyl halides is 6. The summed E-state index contributed by atoms with van der Waals surface area (Å²) in [6, 6.07) is 2.34. The van der Waals surface area contributed by atoms with Gasteiger partial charge in [-0.05, 0) is 23.3 Å². The van der Waals surface area contributed by atoms with Crippen LogP contribution in [0, 0.1) is 0 Å². The first-order valence-corrected chi connectivity index (χ1v) is 7.67. The van der Waals surface area contributed by atoms with E-state index in [0.717, 1.165) is 23.3 Å². The average Bonchev–Trinajstić information content (AvgIpc) is 3.13. The van der Waals surface area contributed by atoms with E-state index in [4.69, 9.17) is 0 Å². The molecule has 3 rings (SSSR count). The molecule has 2 heterocycles. The molecule has 0 aliphatic carbocycles. The van der Waals surface area contributed by atoms with Crippen LogP contribution in [0.1, 0.15) is 15.9 Å². The molecule has 1 aromatic carbocycles. The molecule has 2 aliphatic rings. The molecule has 0 unspecified atom stereocenters. The maximum atomic E-state index is 13.5. The maximum Gasteiger partial charge on any atom is 0.491 e. The number of benzene rings is 1. The van der Waals surface area contributed by atoms with E-state index in [1.54, 1.807) is 0 Å². The number of carbonyl (C=O) groups excluding carboxylic acids is 2. The summed E-state index contributed by atoms with van der Waals surface area (Å²) in [6.07, 6.45) is -10.7. The number of carbonyl (C=O) groups is 2. The van der Waals surface area contributed by atoms with E-state index in [-0.39, 0.29) is 13.1 Å². The van der Waals surface area contributed by atoms with Crippen LogP contribution in [-0.2, 0) is 11.0 Å². The Balaban J connectivity index is 1.94. The van der Waals surface area contributed by atoms with Gasteiger partial charge in [0, 0.05) is 26.2 Å². The molecule has 27 heavy (non-hydrogen) atoms. The van der Waals surface area contributed by atoms with Crippen LogP contribution < -0.4 is 10.1 Å². The lowest BCUT2D eigenvalue weighted by Gasteiger charge is -2.22. The van der Waals surface area contributed by atoms with Crippen molar-refractivity contribution in [1.82, 2.24) is 10.2 Å². The van der Waals surface area contributed by atoms with Crippen LogP contribution in [0.5, 0.6) is 5.75 Å². The molecule has 11 heteroatoms. The van der Waals surface area contributed by atoms with Gasteiger partial charge in [-0.2, -0.15) is 26.3 Å². The zero-order chi connectivity index (χ0) is 20.0. The highest BCUT2D eigenvalue weighted by Crippen LogP contribution is 2.40. The van der Waals surface area contributed by atoms with Crippen molar-refractivity contribution >= 4 is 11.9 Å². The number of hydrogen-bond donors (Lipinski definition) is 1. The number of hydrogen-bond acceptors (Lipinski definition) is 4. The van der Waals surface area contributed by atoms with Gasteiger partial charge in [0.15, 0.2) is 0 Å². The lowest BCUT2D eigenvalue weighted by molar-refractivity contribution is -0.190. The predicted molar refractivity (Wildman–Crippen MR) is 78.9 cm³/mol. The van der Waals surface area contributed by atoms with Gasteiger partial charge in [-0.1, -0.05) is 6.07 Å². The van der Waals surface area contributed by atoms with E-state index in [1.165, 1.54) is 4.90 Å². The van der Waals surface area contributed by atoms with Gasteiger partial charge < -0.3 is 15.0 Å². The fraction of sp³-hybridized carbons (Fsp3) is 0.375. The van der Waals surface area contributed by atoms with Crippen molar-refractivity contribution in [2.45, 2.75) is 12.4 Å². The zero-order valence-electron chi connectivity index (χ0n) is 13.5. The standard InChI is InChI=1S/C16H12F6N2O3/c17-15(18,19)12-10(2-1-3-11(12)27-14(26)16(20,21)22)13(25)24-6-8-4-23-5-9(8)7-24/h1-3,23H,4-7H2. The van der Waals surface area contributed by atoms with Crippen molar-refractivity contribution in [1.29, 1.82) is 0 Å². The number of esters is 1. The smallest absolute Gasteiger partial charge is 0.419 e. The fourth-order valence-corrected chi connectivity index (χ4v) is 3.02. The molecule has 0 saturated heterocycles. The molecule has 1 aromatic rings. The Labute approximate surface area is 148 Å². The van der Waals surface area contributed by atoms with E-state index in [9.17, 15) is 35.9 Å². The quantitative estimate of drug-likeness (QED) is 0.363. The van der Waals surface area contributed by atoms with E-state index in [1.807, 2.05) is 0 Å². The average molecular weight is 394 g/mol. The van der Waals surface area contributed by atoms with Crippen molar-refractivity contribution in [2.75, 3.05) is 26.2 Å². The van der Waals surface area contributed by atoms with Gasteiger partial charge in [0.05, 0.1) is 5.56 Å². The summed E-state index contributed by atoms with van der Waals surface area (Å²) < 4.78 is 81.4. The van der Waals surface area contributed by atoms with Gasteiger partial charge in [-0.15, -0.1) is 0 Å². The highest BCUT2D eigenvalue weighted by atomic mass is 19.4. The summed E-state index contributed by atoms with van der Waals surface area (Å²) in [4.78, 5) is 24.7. The Morgan fingerprint density at radius 1 is 1.00 bits per heavy atom. The molecule has 0 bridgehead atoms. The minimum Gasteiger partial charge on any atom is -0.419 e. The maximum absolute atomic E-state index is 13.5. The molecule has 0 spiro atoms. The second-order valence-corrected chi connectivity index (χ2v) is 6.04.